The van der Waals surface area contributed by atoms with Crippen LogP contribution in [0.25, 0.3) is 10.8 Å². The van der Waals surface area contributed by atoms with Gasteiger partial charge in [0.2, 0.25) is 0 Å². The number of halogens is 1. The van der Waals surface area contributed by atoms with Crippen LogP contribution in [-0.4, -0.2) is 0 Å². The van der Waals surface area contributed by atoms with Crippen molar-refractivity contribution in [2.24, 2.45) is 0 Å². The van der Waals surface area contributed by atoms with Gasteiger partial charge in [-0.25, -0.2) is 4.39 Å². The molecule has 3 aromatic rings. The minimum Gasteiger partial charge on any atom is -0.488 e. The highest BCUT2D eigenvalue weighted by Crippen LogP contribution is 2.31. The third kappa shape index (κ3) is 2.59. The summed E-state index contributed by atoms with van der Waals surface area (Å²) in [5.41, 5.74) is 1.68. The predicted molar refractivity (Wildman–Crippen MR) is 82.6 cm³/mol. The van der Waals surface area contributed by atoms with Gasteiger partial charge in [-0.05, 0) is 23.8 Å². The van der Waals surface area contributed by atoms with Gasteiger partial charge in [-0.2, -0.15) is 0 Å². The van der Waals surface area contributed by atoms with Crippen molar-refractivity contribution < 1.29 is 9.13 Å². The van der Waals surface area contributed by atoms with Gasteiger partial charge in [0.25, 0.3) is 0 Å². The van der Waals surface area contributed by atoms with Crippen molar-refractivity contribution in [1.82, 2.24) is 0 Å². The highest BCUT2D eigenvalue weighted by molar-refractivity contribution is 5.93. The lowest BCUT2D eigenvalue weighted by Gasteiger charge is -2.11. The molecular formula is C19H13FO. The summed E-state index contributed by atoms with van der Waals surface area (Å²) in [7, 11) is 0. The first kappa shape index (κ1) is 13.2. The van der Waals surface area contributed by atoms with Crippen molar-refractivity contribution >= 4 is 10.8 Å². The quantitative estimate of drug-likeness (QED) is 0.638. The lowest BCUT2D eigenvalue weighted by Crippen LogP contribution is -1.97. The first-order chi connectivity index (χ1) is 10.3. The van der Waals surface area contributed by atoms with Gasteiger partial charge in [0.1, 0.15) is 18.2 Å². The second kappa shape index (κ2) is 5.68. The van der Waals surface area contributed by atoms with Crippen molar-refractivity contribution in [3.05, 3.63) is 77.6 Å². The molecule has 0 radical (unpaired) electrons. The Balaban J connectivity index is 2.03. The van der Waals surface area contributed by atoms with E-state index < -0.39 is 0 Å². The van der Waals surface area contributed by atoms with Crippen LogP contribution in [0.15, 0.2) is 60.7 Å². The number of terminal acetylenes is 1. The van der Waals surface area contributed by atoms with E-state index in [0.717, 1.165) is 5.56 Å². The molecule has 0 atom stereocenters. The van der Waals surface area contributed by atoms with E-state index in [-0.39, 0.29) is 5.82 Å². The van der Waals surface area contributed by atoms with E-state index in [9.17, 15) is 4.39 Å². The van der Waals surface area contributed by atoms with Crippen molar-refractivity contribution in [2.45, 2.75) is 6.61 Å². The third-order valence-electron chi connectivity index (χ3n) is 3.34. The molecule has 0 saturated heterocycles. The number of ether oxygens (including phenoxy) is 1. The Morgan fingerprint density at radius 3 is 2.52 bits per heavy atom. The average Bonchev–Trinajstić information content (AvgIpc) is 2.55. The molecule has 1 nitrogen and oxygen atoms in total. The normalized spacial score (nSPS) is 10.3. The van der Waals surface area contributed by atoms with Crippen molar-refractivity contribution in [1.29, 1.82) is 0 Å². The topological polar surface area (TPSA) is 9.23 Å². The summed E-state index contributed by atoms with van der Waals surface area (Å²) < 4.78 is 19.8. The zero-order chi connectivity index (χ0) is 14.7. The number of hydrogen-bond donors (Lipinski definition) is 0. The van der Waals surface area contributed by atoms with E-state index in [4.69, 9.17) is 11.2 Å². The van der Waals surface area contributed by atoms with E-state index in [2.05, 4.69) is 5.92 Å². The molecule has 3 rings (SSSR count). The van der Waals surface area contributed by atoms with Crippen LogP contribution in [0.1, 0.15) is 11.1 Å². The Morgan fingerprint density at radius 2 is 1.76 bits per heavy atom. The molecule has 0 aromatic heterocycles. The van der Waals surface area contributed by atoms with Gasteiger partial charge in [-0.15, -0.1) is 6.42 Å². The maximum absolute atomic E-state index is 13.9. The monoisotopic (exact) mass is 276 g/mol. The van der Waals surface area contributed by atoms with Crippen LogP contribution >= 0.6 is 0 Å². The minimum absolute atomic E-state index is 0.297. The van der Waals surface area contributed by atoms with Crippen molar-refractivity contribution in [3.63, 3.8) is 0 Å². The lowest BCUT2D eigenvalue weighted by molar-refractivity contribution is 0.309. The molecule has 0 bridgehead atoms. The molecule has 0 heterocycles. The molecule has 0 fully saturated rings. The summed E-state index contributed by atoms with van der Waals surface area (Å²) in [6.07, 6.45) is 5.51. The highest BCUT2D eigenvalue weighted by Gasteiger charge is 2.10. The van der Waals surface area contributed by atoms with Crippen LogP contribution in [0.2, 0.25) is 0 Å². The van der Waals surface area contributed by atoms with Gasteiger partial charge < -0.3 is 4.74 Å². The molecule has 0 spiro atoms. The van der Waals surface area contributed by atoms with E-state index in [1.54, 1.807) is 24.3 Å². The smallest absolute Gasteiger partial charge is 0.131 e. The van der Waals surface area contributed by atoms with Crippen LogP contribution in [0.5, 0.6) is 5.75 Å². The van der Waals surface area contributed by atoms with Crippen LogP contribution in [0, 0.1) is 18.2 Å². The maximum Gasteiger partial charge on any atom is 0.131 e. The first-order valence-corrected chi connectivity index (χ1v) is 6.64. The first-order valence-electron chi connectivity index (χ1n) is 6.64. The molecule has 0 aliphatic carbocycles. The molecular weight excluding hydrogens is 263 g/mol. The van der Waals surface area contributed by atoms with E-state index in [1.165, 1.54) is 6.07 Å². The fraction of sp³-hybridized carbons (Fsp3) is 0.0526. The fourth-order valence-electron chi connectivity index (χ4n) is 2.31. The number of benzene rings is 3. The summed E-state index contributed by atoms with van der Waals surface area (Å²) in [5, 5.41) is 1.13. The lowest BCUT2D eigenvalue weighted by atomic mass is 10.0. The summed E-state index contributed by atoms with van der Waals surface area (Å²) in [5.74, 6) is 2.89. The van der Waals surface area contributed by atoms with E-state index in [1.807, 2.05) is 30.3 Å². The van der Waals surface area contributed by atoms with Crippen LogP contribution < -0.4 is 4.74 Å². The summed E-state index contributed by atoms with van der Waals surface area (Å²) in [6.45, 7) is 0.417. The van der Waals surface area contributed by atoms with E-state index >= 15 is 0 Å². The van der Waals surface area contributed by atoms with Gasteiger partial charge in [0.15, 0.2) is 0 Å². The third-order valence-corrected chi connectivity index (χ3v) is 3.34. The average molecular weight is 276 g/mol. The van der Waals surface area contributed by atoms with Crippen LogP contribution in [0.3, 0.4) is 0 Å². The zero-order valence-electron chi connectivity index (χ0n) is 11.3. The van der Waals surface area contributed by atoms with Gasteiger partial charge in [-0.3, -0.25) is 0 Å². The number of hydrogen-bond acceptors (Lipinski definition) is 1. The zero-order valence-corrected chi connectivity index (χ0v) is 11.3. The van der Waals surface area contributed by atoms with Gasteiger partial charge >= 0.3 is 0 Å². The van der Waals surface area contributed by atoms with Crippen molar-refractivity contribution in [3.8, 4) is 18.1 Å². The Labute approximate surface area is 123 Å². The molecule has 102 valence electrons. The maximum atomic E-state index is 13.9. The van der Waals surface area contributed by atoms with Crippen LogP contribution in [0.4, 0.5) is 4.39 Å². The molecule has 0 saturated carbocycles. The predicted octanol–water partition coefficient (Wildman–Crippen LogP) is 4.54. The van der Waals surface area contributed by atoms with Gasteiger partial charge in [0.05, 0.1) is 0 Å². The Morgan fingerprint density at radius 1 is 0.952 bits per heavy atom. The minimum atomic E-state index is -0.297. The summed E-state index contributed by atoms with van der Waals surface area (Å²) >= 11 is 0. The second-order valence-electron chi connectivity index (χ2n) is 4.69. The fourth-order valence-corrected chi connectivity index (χ4v) is 2.31. The molecule has 0 aliphatic rings. The van der Waals surface area contributed by atoms with Crippen LogP contribution in [-0.2, 0) is 6.61 Å². The molecule has 2 heteroatoms. The molecule has 0 unspecified atom stereocenters. The highest BCUT2D eigenvalue weighted by atomic mass is 19.1. The van der Waals surface area contributed by atoms with E-state index in [0.29, 0.717) is 28.7 Å². The van der Waals surface area contributed by atoms with Gasteiger partial charge in [-0.1, -0.05) is 48.4 Å². The second-order valence-corrected chi connectivity index (χ2v) is 4.69. The van der Waals surface area contributed by atoms with Gasteiger partial charge in [0, 0.05) is 16.3 Å². The standard InChI is InChI=1S/C19H13FO/c1-2-15-9-6-10-16-17(20)11-12-18(19(15)16)21-13-14-7-4-3-5-8-14/h1,3-12H,13H2. The molecule has 0 amide bonds. The molecule has 3 aromatic carbocycles. The number of rotatable bonds is 3. The summed E-state index contributed by atoms with van der Waals surface area (Å²) in [6, 6.07) is 18.1. The molecule has 21 heavy (non-hydrogen) atoms. The molecule has 0 aliphatic heterocycles. The molecule has 0 N–H and O–H groups in total. The Kier molecular flexibility index (Phi) is 3.57. The van der Waals surface area contributed by atoms with Crippen molar-refractivity contribution in [2.75, 3.05) is 0 Å². The SMILES string of the molecule is C#Cc1cccc2c(F)ccc(OCc3ccccc3)c12. The largest absolute Gasteiger partial charge is 0.488 e. The number of fused-ring (bicyclic) bond motifs is 1. The summed E-state index contributed by atoms with van der Waals surface area (Å²) in [4.78, 5) is 0. The Hall–Kier alpha value is -2.79. The Bertz CT molecular complexity index is 816.